The lowest BCUT2D eigenvalue weighted by Gasteiger charge is -2.07. The second kappa shape index (κ2) is 4.74. The van der Waals surface area contributed by atoms with Crippen molar-refractivity contribution in [3.63, 3.8) is 0 Å². The van der Waals surface area contributed by atoms with Crippen molar-refractivity contribution < 1.29 is 23.5 Å². The Hall–Kier alpha value is -1.91. The number of hydrogen-bond acceptors (Lipinski definition) is 4. The van der Waals surface area contributed by atoms with Gasteiger partial charge >= 0.3 is 11.9 Å². The van der Waals surface area contributed by atoms with Crippen LogP contribution in [0.2, 0.25) is 0 Å². The average molecular weight is 226 g/mol. The van der Waals surface area contributed by atoms with Gasteiger partial charge in [-0.3, -0.25) is 0 Å². The van der Waals surface area contributed by atoms with Gasteiger partial charge in [-0.05, 0) is 19.1 Å². The van der Waals surface area contributed by atoms with Gasteiger partial charge in [-0.2, -0.15) is 0 Å². The molecule has 0 aliphatic rings. The van der Waals surface area contributed by atoms with Gasteiger partial charge < -0.3 is 9.47 Å². The Bertz CT molecular complexity index is 399. The first-order chi connectivity index (χ1) is 7.52. The largest absolute Gasteiger partial charge is 0.465 e. The smallest absolute Gasteiger partial charge is 0.340 e. The van der Waals surface area contributed by atoms with Crippen LogP contribution in [0, 0.1) is 12.7 Å². The zero-order valence-electron chi connectivity index (χ0n) is 9.17. The van der Waals surface area contributed by atoms with Crippen LogP contribution >= 0.6 is 0 Å². The van der Waals surface area contributed by atoms with Crippen LogP contribution in [-0.2, 0) is 9.47 Å². The number of halogens is 1. The predicted octanol–water partition coefficient (Wildman–Crippen LogP) is 1.71. The molecule has 0 N–H and O–H groups in total. The molecule has 0 bridgehead atoms. The summed E-state index contributed by atoms with van der Waals surface area (Å²) in [6.45, 7) is 1.40. The molecule has 5 heteroatoms. The van der Waals surface area contributed by atoms with Gasteiger partial charge in [0.25, 0.3) is 0 Å². The second-order valence-corrected chi connectivity index (χ2v) is 3.08. The van der Waals surface area contributed by atoms with Crippen LogP contribution in [-0.4, -0.2) is 26.2 Å². The van der Waals surface area contributed by atoms with Gasteiger partial charge in [-0.15, -0.1) is 0 Å². The number of benzene rings is 1. The highest BCUT2D eigenvalue weighted by Crippen LogP contribution is 2.18. The van der Waals surface area contributed by atoms with E-state index in [1.165, 1.54) is 26.2 Å². The third-order valence-corrected chi connectivity index (χ3v) is 2.20. The molecule has 0 aliphatic heterocycles. The van der Waals surface area contributed by atoms with E-state index in [2.05, 4.69) is 9.47 Å². The number of carbonyl (C=O) groups excluding carboxylic acids is 2. The number of rotatable bonds is 2. The molecule has 4 nitrogen and oxygen atoms in total. The van der Waals surface area contributed by atoms with E-state index in [0.29, 0.717) is 0 Å². The lowest BCUT2D eigenvalue weighted by molar-refractivity contribution is 0.0581. The predicted molar refractivity (Wildman–Crippen MR) is 53.8 cm³/mol. The molecule has 0 spiro atoms. The Morgan fingerprint density at radius 1 is 1.06 bits per heavy atom. The molecule has 0 fully saturated rings. The van der Waals surface area contributed by atoms with Crippen LogP contribution in [0.4, 0.5) is 4.39 Å². The lowest BCUT2D eigenvalue weighted by Crippen LogP contribution is -2.10. The van der Waals surface area contributed by atoms with Gasteiger partial charge in [0.05, 0.1) is 25.3 Å². The Morgan fingerprint density at radius 2 is 1.50 bits per heavy atom. The molecule has 0 amide bonds. The van der Waals surface area contributed by atoms with Crippen molar-refractivity contribution in [1.82, 2.24) is 0 Å². The third-order valence-electron chi connectivity index (χ3n) is 2.20. The summed E-state index contributed by atoms with van der Waals surface area (Å²) in [6.07, 6.45) is 0. The summed E-state index contributed by atoms with van der Waals surface area (Å²) >= 11 is 0. The first-order valence-electron chi connectivity index (χ1n) is 4.48. The molecule has 0 aliphatic carbocycles. The Morgan fingerprint density at radius 3 is 2.00 bits per heavy atom. The van der Waals surface area contributed by atoms with E-state index >= 15 is 0 Å². The Kier molecular flexibility index (Phi) is 3.60. The van der Waals surface area contributed by atoms with Crippen molar-refractivity contribution in [3.8, 4) is 0 Å². The van der Waals surface area contributed by atoms with Crippen LogP contribution in [0.5, 0.6) is 0 Å². The quantitative estimate of drug-likeness (QED) is 0.720. The third kappa shape index (κ3) is 2.03. The van der Waals surface area contributed by atoms with Crippen molar-refractivity contribution in [2.24, 2.45) is 0 Å². The van der Waals surface area contributed by atoms with Crippen LogP contribution < -0.4 is 0 Å². The van der Waals surface area contributed by atoms with Crippen LogP contribution in [0.1, 0.15) is 26.3 Å². The van der Waals surface area contributed by atoms with E-state index in [1.54, 1.807) is 0 Å². The van der Waals surface area contributed by atoms with E-state index in [9.17, 15) is 14.0 Å². The minimum atomic E-state index is -0.781. The van der Waals surface area contributed by atoms with E-state index in [0.717, 1.165) is 7.11 Å². The molecule has 0 atom stereocenters. The summed E-state index contributed by atoms with van der Waals surface area (Å²) in [5.41, 5.74) is -0.0462. The number of methoxy groups -OCH3 is 2. The maximum absolute atomic E-state index is 13.7. The SMILES string of the molecule is COC(=O)c1ccc(C(=O)OC)c(F)c1C. The average Bonchev–Trinajstić information content (AvgIpc) is 2.30. The molecule has 16 heavy (non-hydrogen) atoms. The van der Waals surface area contributed by atoms with Crippen LogP contribution in [0.25, 0.3) is 0 Å². The van der Waals surface area contributed by atoms with E-state index in [4.69, 9.17) is 0 Å². The first kappa shape index (κ1) is 12.2. The molecule has 1 rings (SSSR count). The Balaban J connectivity index is 3.28. The molecule has 86 valence electrons. The molecule has 1 aromatic carbocycles. The maximum atomic E-state index is 13.7. The number of ether oxygens (including phenoxy) is 2. The summed E-state index contributed by atoms with van der Waals surface area (Å²) in [5, 5.41) is 0. The standard InChI is InChI=1S/C11H11FO4/c1-6-7(10(13)15-2)4-5-8(9(6)12)11(14)16-3/h4-5H,1-3H3. The molecular weight excluding hydrogens is 215 g/mol. The molecule has 1 aromatic rings. The van der Waals surface area contributed by atoms with Gasteiger partial charge in [0.15, 0.2) is 0 Å². The summed E-state index contributed by atoms with van der Waals surface area (Å²) in [5.74, 6) is -2.19. The zero-order chi connectivity index (χ0) is 12.3. The zero-order valence-corrected chi connectivity index (χ0v) is 9.17. The van der Waals surface area contributed by atoms with Crippen molar-refractivity contribution in [3.05, 3.63) is 34.6 Å². The molecule has 0 aromatic heterocycles. The lowest BCUT2D eigenvalue weighted by atomic mass is 10.0. The minimum absolute atomic E-state index is 0.0646. The molecule has 0 saturated heterocycles. The first-order valence-corrected chi connectivity index (χ1v) is 4.48. The number of esters is 2. The van der Waals surface area contributed by atoms with Crippen LogP contribution in [0.15, 0.2) is 12.1 Å². The molecule has 0 saturated carbocycles. The highest BCUT2D eigenvalue weighted by atomic mass is 19.1. The molecule has 0 radical (unpaired) electrons. The monoisotopic (exact) mass is 226 g/mol. The normalized spacial score (nSPS) is 9.75. The summed E-state index contributed by atoms with van der Waals surface area (Å²) < 4.78 is 22.6. The highest BCUT2D eigenvalue weighted by molar-refractivity contribution is 5.95. The van der Waals surface area contributed by atoms with Crippen LogP contribution in [0.3, 0.4) is 0 Å². The topological polar surface area (TPSA) is 52.6 Å². The van der Waals surface area contributed by atoms with Gasteiger partial charge in [0.1, 0.15) is 5.82 Å². The molecular formula is C11H11FO4. The van der Waals surface area contributed by atoms with E-state index in [-0.39, 0.29) is 16.7 Å². The number of hydrogen-bond donors (Lipinski definition) is 0. The highest BCUT2D eigenvalue weighted by Gasteiger charge is 2.19. The van der Waals surface area contributed by atoms with Gasteiger partial charge in [-0.1, -0.05) is 0 Å². The fraction of sp³-hybridized carbons (Fsp3) is 0.273. The molecule has 0 unspecified atom stereocenters. The number of carbonyl (C=O) groups is 2. The second-order valence-electron chi connectivity index (χ2n) is 3.08. The summed E-state index contributed by atoms with van der Waals surface area (Å²) in [4.78, 5) is 22.4. The van der Waals surface area contributed by atoms with Crippen molar-refractivity contribution in [2.75, 3.05) is 14.2 Å². The van der Waals surface area contributed by atoms with Gasteiger partial charge in [0, 0.05) is 5.56 Å². The summed E-state index contributed by atoms with van der Waals surface area (Å²) in [7, 11) is 2.36. The van der Waals surface area contributed by atoms with Crippen molar-refractivity contribution >= 4 is 11.9 Å². The minimum Gasteiger partial charge on any atom is -0.465 e. The van der Waals surface area contributed by atoms with E-state index < -0.39 is 17.8 Å². The van der Waals surface area contributed by atoms with Crippen molar-refractivity contribution in [2.45, 2.75) is 6.92 Å². The van der Waals surface area contributed by atoms with Gasteiger partial charge in [0.2, 0.25) is 0 Å². The molecule has 0 heterocycles. The maximum Gasteiger partial charge on any atom is 0.340 e. The fourth-order valence-corrected chi connectivity index (χ4v) is 1.28. The fourth-order valence-electron chi connectivity index (χ4n) is 1.28. The summed E-state index contributed by atoms with van der Waals surface area (Å²) in [6, 6.07) is 2.52. The Labute approximate surface area is 92.0 Å². The van der Waals surface area contributed by atoms with Gasteiger partial charge in [-0.25, -0.2) is 14.0 Å². The van der Waals surface area contributed by atoms with Crippen molar-refractivity contribution in [1.29, 1.82) is 0 Å². The van der Waals surface area contributed by atoms with E-state index in [1.807, 2.05) is 0 Å².